The smallest absolute Gasteiger partial charge is 0.128 e. The topological polar surface area (TPSA) is 29.5 Å². The fraction of sp³-hybridized carbons (Fsp3) is 0.250. The lowest BCUT2D eigenvalue weighted by atomic mass is 10.1. The van der Waals surface area contributed by atoms with E-state index in [1.165, 1.54) is 0 Å². The second-order valence-electron chi connectivity index (χ2n) is 4.57. The highest BCUT2D eigenvalue weighted by atomic mass is 79.9. The Morgan fingerprint density at radius 2 is 1.85 bits per heavy atom. The molecule has 0 aromatic heterocycles. The lowest BCUT2D eigenvalue weighted by Gasteiger charge is -2.11. The summed E-state index contributed by atoms with van der Waals surface area (Å²) in [7, 11) is 0. The van der Waals surface area contributed by atoms with Crippen molar-refractivity contribution in [3.05, 3.63) is 57.0 Å². The van der Waals surface area contributed by atoms with Gasteiger partial charge in [-0.05, 0) is 54.8 Å². The highest BCUT2D eigenvalue weighted by Crippen LogP contribution is 2.31. The van der Waals surface area contributed by atoms with Gasteiger partial charge in [0.1, 0.15) is 11.5 Å². The molecule has 2 rings (SSSR count). The van der Waals surface area contributed by atoms with Gasteiger partial charge in [0.05, 0.1) is 6.10 Å². The molecule has 0 bridgehead atoms. The summed E-state index contributed by atoms with van der Waals surface area (Å²) in [6, 6.07) is 11.2. The molecule has 0 radical (unpaired) electrons. The van der Waals surface area contributed by atoms with Crippen LogP contribution in [0.4, 0.5) is 0 Å². The molecule has 4 heteroatoms. The minimum absolute atomic E-state index is 0.513. The number of hydrogen-bond donors (Lipinski definition) is 1. The Morgan fingerprint density at radius 1 is 1.20 bits per heavy atom. The number of halogens is 2. The summed E-state index contributed by atoms with van der Waals surface area (Å²) in [4.78, 5) is 0. The molecular formula is C16H16BrClO2. The van der Waals surface area contributed by atoms with Gasteiger partial charge in [0, 0.05) is 9.50 Å². The molecule has 0 aliphatic rings. The van der Waals surface area contributed by atoms with Gasteiger partial charge < -0.3 is 9.84 Å². The van der Waals surface area contributed by atoms with E-state index in [0.29, 0.717) is 5.75 Å². The average Bonchev–Trinajstić information content (AvgIpc) is 2.40. The van der Waals surface area contributed by atoms with Crippen LogP contribution in [0.2, 0.25) is 5.02 Å². The summed E-state index contributed by atoms with van der Waals surface area (Å²) >= 11 is 9.53. The minimum atomic E-state index is -0.513. The molecule has 0 aliphatic heterocycles. The molecule has 20 heavy (non-hydrogen) atoms. The molecule has 106 valence electrons. The van der Waals surface area contributed by atoms with E-state index < -0.39 is 6.10 Å². The second-order valence-corrected chi connectivity index (χ2v) is 5.83. The van der Waals surface area contributed by atoms with Crippen LogP contribution in [0.15, 0.2) is 40.9 Å². The van der Waals surface area contributed by atoms with E-state index in [1.54, 1.807) is 6.92 Å². The molecule has 0 spiro atoms. The third-order valence-electron chi connectivity index (χ3n) is 3.06. The van der Waals surface area contributed by atoms with E-state index in [1.807, 2.05) is 36.4 Å². The van der Waals surface area contributed by atoms with Crippen LogP contribution in [0.25, 0.3) is 0 Å². The first-order chi connectivity index (χ1) is 9.51. The molecule has 0 saturated carbocycles. The van der Waals surface area contributed by atoms with Crippen LogP contribution in [-0.4, -0.2) is 5.11 Å². The van der Waals surface area contributed by atoms with Gasteiger partial charge in [0.2, 0.25) is 0 Å². The molecule has 0 amide bonds. The zero-order valence-electron chi connectivity index (χ0n) is 11.4. The molecule has 2 aromatic rings. The SMILES string of the molecule is CCc1cc(Oc2ccc(C(C)O)c(Br)c2)ccc1Cl. The quantitative estimate of drug-likeness (QED) is 0.783. The second kappa shape index (κ2) is 6.61. The predicted octanol–water partition coefficient (Wildman–Crippen LogP) is 5.51. The van der Waals surface area contributed by atoms with E-state index in [0.717, 1.165) is 32.8 Å². The Hall–Kier alpha value is -1.03. The number of ether oxygens (including phenoxy) is 1. The zero-order chi connectivity index (χ0) is 14.7. The Kier molecular flexibility index (Phi) is 5.08. The molecule has 0 heterocycles. The third kappa shape index (κ3) is 3.54. The number of hydrogen-bond acceptors (Lipinski definition) is 2. The highest BCUT2D eigenvalue weighted by molar-refractivity contribution is 9.10. The van der Waals surface area contributed by atoms with E-state index in [4.69, 9.17) is 16.3 Å². The molecule has 1 N–H and O–H groups in total. The van der Waals surface area contributed by atoms with E-state index >= 15 is 0 Å². The number of aliphatic hydroxyl groups is 1. The lowest BCUT2D eigenvalue weighted by Crippen LogP contribution is -1.93. The number of aryl methyl sites for hydroxylation is 1. The predicted molar refractivity (Wildman–Crippen MR) is 85.7 cm³/mol. The van der Waals surface area contributed by atoms with Gasteiger partial charge in [-0.3, -0.25) is 0 Å². The van der Waals surface area contributed by atoms with Crippen LogP contribution in [-0.2, 0) is 6.42 Å². The Bertz CT molecular complexity index is 611. The zero-order valence-corrected chi connectivity index (χ0v) is 13.7. The third-order valence-corrected chi connectivity index (χ3v) is 4.11. The van der Waals surface area contributed by atoms with Gasteiger partial charge in [-0.2, -0.15) is 0 Å². The van der Waals surface area contributed by atoms with Crippen molar-refractivity contribution in [3.8, 4) is 11.5 Å². The fourth-order valence-corrected chi connectivity index (χ4v) is 2.87. The molecule has 2 aromatic carbocycles. The van der Waals surface area contributed by atoms with Crippen molar-refractivity contribution in [1.29, 1.82) is 0 Å². The van der Waals surface area contributed by atoms with Crippen LogP contribution in [0, 0.1) is 0 Å². The van der Waals surface area contributed by atoms with Gasteiger partial charge in [-0.15, -0.1) is 0 Å². The van der Waals surface area contributed by atoms with E-state index in [9.17, 15) is 5.11 Å². The Balaban J connectivity index is 2.24. The Labute approximate surface area is 132 Å². The van der Waals surface area contributed by atoms with Gasteiger partial charge in [-0.25, -0.2) is 0 Å². The first-order valence-corrected chi connectivity index (χ1v) is 7.62. The highest BCUT2D eigenvalue weighted by Gasteiger charge is 2.08. The summed E-state index contributed by atoms with van der Waals surface area (Å²) in [6.45, 7) is 3.78. The number of aliphatic hydroxyl groups excluding tert-OH is 1. The maximum absolute atomic E-state index is 9.60. The van der Waals surface area contributed by atoms with Crippen molar-refractivity contribution in [2.45, 2.75) is 26.4 Å². The van der Waals surface area contributed by atoms with Crippen molar-refractivity contribution in [2.24, 2.45) is 0 Å². The van der Waals surface area contributed by atoms with Gasteiger partial charge in [-0.1, -0.05) is 40.5 Å². The summed E-state index contributed by atoms with van der Waals surface area (Å²) in [5.74, 6) is 1.47. The van der Waals surface area contributed by atoms with Gasteiger partial charge in [0.25, 0.3) is 0 Å². The maximum Gasteiger partial charge on any atom is 0.128 e. The van der Waals surface area contributed by atoms with Gasteiger partial charge in [0.15, 0.2) is 0 Å². The molecule has 1 atom stereocenters. The minimum Gasteiger partial charge on any atom is -0.457 e. The number of benzene rings is 2. The molecule has 0 saturated heterocycles. The summed E-state index contributed by atoms with van der Waals surface area (Å²) < 4.78 is 6.65. The molecule has 0 fully saturated rings. The normalized spacial score (nSPS) is 12.2. The summed E-state index contributed by atoms with van der Waals surface area (Å²) in [5.41, 5.74) is 1.89. The molecule has 1 unspecified atom stereocenters. The van der Waals surface area contributed by atoms with Crippen LogP contribution in [0.5, 0.6) is 11.5 Å². The Morgan fingerprint density at radius 3 is 2.45 bits per heavy atom. The first kappa shape index (κ1) is 15.4. The fourth-order valence-electron chi connectivity index (χ4n) is 1.93. The van der Waals surface area contributed by atoms with Crippen molar-refractivity contribution >= 4 is 27.5 Å². The van der Waals surface area contributed by atoms with Crippen molar-refractivity contribution in [2.75, 3.05) is 0 Å². The van der Waals surface area contributed by atoms with Crippen LogP contribution in [0.1, 0.15) is 31.1 Å². The van der Waals surface area contributed by atoms with E-state index in [2.05, 4.69) is 22.9 Å². The van der Waals surface area contributed by atoms with Crippen molar-refractivity contribution in [1.82, 2.24) is 0 Å². The summed E-state index contributed by atoms with van der Waals surface area (Å²) in [6.07, 6.45) is 0.349. The monoisotopic (exact) mass is 354 g/mol. The molecule has 2 nitrogen and oxygen atoms in total. The lowest BCUT2D eigenvalue weighted by molar-refractivity contribution is 0.198. The van der Waals surface area contributed by atoms with Crippen LogP contribution in [0.3, 0.4) is 0 Å². The van der Waals surface area contributed by atoms with Crippen molar-refractivity contribution in [3.63, 3.8) is 0 Å². The van der Waals surface area contributed by atoms with Crippen LogP contribution < -0.4 is 4.74 Å². The van der Waals surface area contributed by atoms with Crippen LogP contribution >= 0.6 is 27.5 Å². The number of rotatable bonds is 4. The average molecular weight is 356 g/mol. The van der Waals surface area contributed by atoms with E-state index in [-0.39, 0.29) is 0 Å². The van der Waals surface area contributed by atoms with Crippen molar-refractivity contribution < 1.29 is 9.84 Å². The first-order valence-electron chi connectivity index (χ1n) is 6.45. The summed E-state index contributed by atoms with van der Waals surface area (Å²) in [5, 5.41) is 10.4. The van der Waals surface area contributed by atoms with Gasteiger partial charge >= 0.3 is 0 Å². The maximum atomic E-state index is 9.60. The molecule has 0 aliphatic carbocycles. The molecular weight excluding hydrogens is 340 g/mol. The standard InChI is InChI=1S/C16H16BrClO2/c1-3-11-8-12(5-7-16(11)18)20-13-4-6-14(10(2)19)15(17)9-13/h4-10,19H,3H2,1-2H3. The largest absolute Gasteiger partial charge is 0.457 e.